The Kier molecular flexibility index (Phi) is 10.00. The maximum atomic E-state index is 13.5. The fourth-order valence-electron chi connectivity index (χ4n) is 7.34. The van der Waals surface area contributed by atoms with Gasteiger partial charge in [-0.05, 0) is 85.6 Å². The highest BCUT2D eigenvalue weighted by molar-refractivity contribution is 6.08. The number of hydrogen-bond acceptors (Lipinski definition) is 4. The van der Waals surface area contributed by atoms with Crippen LogP contribution in [0.5, 0.6) is 0 Å². The van der Waals surface area contributed by atoms with Crippen molar-refractivity contribution in [2.45, 2.75) is 51.9 Å². The number of halogens is 2. The van der Waals surface area contributed by atoms with E-state index in [1.807, 2.05) is 36.7 Å². The van der Waals surface area contributed by atoms with Crippen LogP contribution in [0.15, 0.2) is 122 Å². The molecule has 4 aromatic carbocycles. The van der Waals surface area contributed by atoms with Crippen LogP contribution in [-0.4, -0.2) is 32.2 Å². The van der Waals surface area contributed by atoms with Gasteiger partial charge in [0.25, 0.3) is 0 Å². The average Bonchev–Trinajstić information content (AvgIpc) is 3.65. The minimum absolute atomic E-state index is 0.219. The zero-order valence-electron chi connectivity index (χ0n) is 29.2. The first kappa shape index (κ1) is 33.7. The van der Waals surface area contributed by atoms with Gasteiger partial charge in [-0.25, -0.2) is 8.78 Å². The molecule has 0 aliphatic rings. The quantitative estimate of drug-likeness (QED) is 0.105. The van der Waals surface area contributed by atoms with Gasteiger partial charge in [-0.2, -0.15) is 0 Å². The molecule has 0 saturated heterocycles. The fraction of sp³-hybridized carbons (Fsp3) is 0.227. The molecule has 8 aromatic rings. The highest BCUT2D eigenvalue weighted by Gasteiger charge is 2.14. The Bertz CT molecular complexity index is 2270. The van der Waals surface area contributed by atoms with Crippen LogP contribution in [0.2, 0.25) is 0 Å². The maximum absolute atomic E-state index is 13.5. The molecule has 262 valence electrons. The Morgan fingerprint density at radius 2 is 0.885 bits per heavy atom. The van der Waals surface area contributed by atoms with Crippen LogP contribution in [0.4, 0.5) is 8.78 Å². The summed E-state index contributed by atoms with van der Waals surface area (Å²) in [4.78, 5) is 9.59. The van der Waals surface area contributed by atoms with E-state index in [-0.39, 0.29) is 11.6 Å². The van der Waals surface area contributed by atoms with E-state index in [4.69, 9.17) is 9.97 Å². The van der Waals surface area contributed by atoms with Crippen LogP contribution in [-0.2, 0) is 26.2 Å². The van der Waals surface area contributed by atoms with E-state index in [2.05, 4.69) is 80.4 Å². The molecule has 0 atom stereocenters. The first-order valence-corrected chi connectivity index (χ1v) is 18.2. The SMILES string of the molecule is Fc1ccc(Cn2c3ccccc3c3cc(CNCCCCCCNCc4cc5c6ccccc6n(Cc6ccc(F)cc6)c5cn4)ncc32)cc1. The topological polar surface area (TPSA) is 59.7 Å². The van der Waals surface area contributed by atoms with Crippen LogP contribution in [0.25, 0.3) is 43.6 Å². The summed E-state index contributed by atoms with van der Waals surface area (Å²) in [5.41, 5.74) is 8.67. The highest BCUT2D eigenvalue weighted by Crippen LogP contribution is 2.31. The Hall–Kier alpha value is -5.44. The van der Waals surface area contributed by atoms with Crippen LogP contribution in [0.3, 0.4) is 0 Å². The lowest BCUT2D eigenvalue weighted by molar-refractivity contribution is 0.559. The number of hydrogen-bond donors (Lipinski definition) is 2. The number of pyridine rings is 2. The highest BCUT2D eigenvalue weighted by atomic mass is 19.1. The van der Waals surface area contributed by atoms with Crippen molar-refractivity contribution in [1.82, 2.24) is 29.7 Å². The molecule has 0 bridgehead atoms. The molecule has 0 aliphatic carbocycles. The molecule has 4 aromatic heterocycles. The van der Waals surface area contributed by atoms with Crippen LogP contribution in [0.1, 0.15) is 48.2 Å². The first-order chi connectivity index (χ1) is 25.6. The summed E-state index contributed by atoms with van der Waals surface area (Å²) < 4.78 is 31.5. The molecule has 0 spiro atoms. The molecule has 0 radical (unpaired) electrons. The second-order valence-corrected chi connectivity index (χ2v) is 13.6. The summed E-state index contributed by atoms with van der Waals surface area (Å²) in [6.45, 7) is 4.71. The fourth-order valence-corrected chi connectivity index (χ4v) is 7.34. The second kappa shape index (κ2) is 15.4. The van der Waals surface area contributed by atoms with Gasteiger partial charge < -0.3 is 19.8 Å². The van der Waals surface area contributed by atoms with Crippen LogP contribution in [0, 0.1) is 11.6 Å². The zero-order valence-corrected chi connectivity index (χ0v) is 29.2. The minimum atomic E-state index is -0.219. The van der Waals surface area contributed by atoms with Gasteiger partial charge in [0, 0.05) is 58.8 Å². The van der Waals surface area contributed by atoms with Gasteiger partial charge in [-0.3, -0.25) is 9.97 Å². The Labute approximate surface area is 302 Å². The van der Waals surface area contributed by atoms with Gasteiger partial charge in [0.2, 0.25) is 0 Å². The number of nitrogens with one attached hydrogen (secondary N) is 2. The van der Waals surface area contributed by atoms with E-state index in [0.717, 1.165) is 83.6 Å². The molecule has 4 heterocycles. The molecule has 6 nitrogen and oxygen atoms in total. The van der Waals surface area contributed by atoms with Crippen molar-refractivity contribution in [2.75, 3.05) is 13.1 Å². The van der Waals surface area contributed by atoms with Gasteiger partial charge in [-0.15, -0.1) is 0 Å². The molecular formula is C44H42F2N6. The van der Waals surface area contributed by atoms with Crippen molar-refractivity contribution in [3.05, 3.63) is 156 Å². The number of unbranched alkanes of at least 4 members (excludes halogenated alkanes) is 3. The van der Waals surface area contributed by atoms with Crippen LogP contribution < -0.4 is 10.6 Å². The molecule has 0 amide bonds. The molecular weight excluding hydrogens is 651 g/mol. The Morgan fingerprint density at radius 1 is 0.462 bits per heavy atom. The number of rotatable bonds is 15. The summed E-state index contributed by atoms with van der Waals surface area (Å²) in [6.07, 6.45) is 8.56. The normalized spacial score (nSPS) is 11.8. The summed E-state index contributed by atoms with van der Waals surface area (Å²) in [6, 6.07) is 34.7. The molecule has 0 fully saturated rings. The number of aromatic nitrogens is 4. The van der Waals surface area contributed by atoms with Crippen molar-refractivity contribution in [3.8, 4) is 0 Å². The largest absolute Gasteiger partial charge is 0.335 e. The average molecular weight is 693 g/mol. The summed E-state index contributed by atoms with van der Waals surface area (Å²) >= 11 is 0. The van der Waals surface area contributed by atoms with Crippen LogP contribution >= 0.6 is 0 Å². The van der Waals surface area contributed by atoms with E-state index in [0.29, 0.717) is 13.1 Å². The predicted molar refractivity (Wildman–Crippen MR) is 207 cm³/mol. The Morgan fingerprint density at radius 3 is 1.33 bits per heavy atom. The third kappa shape index (κ3) is 7.31. The maximum Gasteiger partial charge on any atom is 0.123 e. The molecule has 0 saturated carbocycles. The molecule has 8 rings (SSSR count). The second-order valence-electron chi connectivity index (χ2n) is 13.6. The van der Waals surface area contributed by atoms with Crippen molar-refractivity contribution in [1.29, 1.82) is 0 Å². The van der Waals surface area contributed by atoms with Crippen molar-refractivity contribution in [2.24, 2.45) is 0 Å². The van der Waals surface area contributed by atoms with Gasteiger partial charge in [-0.1, -0.05) is 73.5 Å². The lowest BCUT2D eigenvalue weighted by Crippen LogP contribution is -2.16. The minimum Gasteiger partial charge on any atom is -0.335 e. The smallest absolute Gasteiger partial charge is 0.123 e. The lowest BCUT2D eigenvalue weighted by atomic mass is 10.1. The van der Waals surface area contributed by atoms with E-state index in [9.17, 15) is 8.78 Å². The van der Waals surface area contributed by atoms with E-state index < -0.39 is 0 Å². The number of nitrogens with zero attached hydrogens (tertiary/aromatic N) is 4. The summed E-state index contributed by atoms with van der Waals surface area (Å²) in [5.74, 6) is -0.438. The molecule has 0 unspecified atom stereocenters. The van der Waals surface area contributed by atoms with E-state index >= 15 is 0 Å². The zero-order chi connectivity index (χ0) is 35.3. The molecule has 2 N–H and O–H groups in total. The third-order valence-electron chi connectivity index (χ3n) is 10.0. The van der Waals surface area contributed by atoms with Crippen molar-refractivity contribution in [3.63, 3.8) is 0 Å². The molecule has 52 heavy (non-hydrogen) atoms. The van der Waals surface area contributed by atoms with E-state index in [1.165, 1.54) is 58.7 Å². The Balaban J connectivity index is 0.789. The lowest BCUT2D eigenvalue weighted by Gasteiger charge is -2.09. The number of benzene rings is 4. The van der Waals surface area contributed by atoms with Crippen molar-refractivity contribution >= 4 is 43.6 Å². The molecule has 8 heteroatoms. The predicted octanol–water partition coefficient (Wildman–Crippen LogP) is 9.51. The van der Waals surface area contributed by atoms with Gasteiger partial charge in [0.05, 0.1) is 34.8 Å². The van der Waals surface area contributed by atoms with Crippen molar-refractivity contribution < 1.29 is 8.78 Å². The van der Waals surface area contributed by atoms with Gasteiger partial charge in [0.15, 0.2) is 0 Å². The number of fused-ring (bicyclic) bond motifs is 6. The monoisotopic (exact) mass is 692 g/mol. The van der Waals surface area contributed by atoms with E-state index in [1.54, 1.807) is 0 Å². The molecule has 0 aliphatic heterocycles. The third-order valence-corrected chi connectivity index (χ3v) is 10.0. The standard InChI is InChI=1S/C44H42F2N6/c45-33-17-13-31(14-18-33)29-51-41-11-5-3-9-37(41)39-23-35(49-27-43(39)51)25-47-21-7-1-2-8-22-48-26-36-24-40-38-10-4-6-12-42(38)52(44(40)28-50-36)30-32-15-19-34(46)20-16-32/h3-6,9-20,23-24,27-28,47-48H,1-2,7-8,21-22,25-26,29-30H2. The summed E-state index contributed by atoms with van der Waals surface area (Å²) in [5, 5.41) is 12.0. The van der Waals surface area contributed by atoms with Gasteiger partial charge in [0.1, 0.15) is 11.6 Å². The van der Waals surface area contributed by atoms with Gasteiger partial charge >= 0.3 is 0 Å². The number of para-hydroxylation sites is 2. The summed E-state index contributed by atoms with van der Waals surface area (Å²) in [7, 11) is 0. The first-order valence-electron chi connectivity index (χ1n) is 18.2.